The van der Waals surface area contributed by atoms with Crippen LogP contribution in [0.5, 0.6) is 0 Å². The molecule has 106 valence electrons. The fourth-order valence-corrected chi connectivity index (χ4v) is 2.37. The first-order valence-electron chi connectivity index (χ1n) is 5.65. The van der Waals surface area contributed by atoms with Gasteiger partial charge in [-0.2, -0.15) is 0 Å². The Bertz CT molecular complexity index is 546. The number of nitrogens with zero attached hydrogens (tertiary/aromatic N) is 1. The van der Waals surface area contributed by atoms with Crippen LogP contribution in [-0.2, 0) is 10.0 Å². The van der Waals surface area contributed by atoms with Crippen LogP contribution in [0.15, 0.2) is 29.2 Å². The Kier molecular flexibility index (Phi) is 4.61. The average molecular weight is 287 g/mol. The molecule has 0 aliphatic heterocycles. The van der Waals surface area contributed by atoms with Gasteiger partial charge in [0.2, 0.25) is 10.0 Å². The van der Waals surface area contributed by atoms with Gasteiger partial charge in [0, 0.05) is 24.2 Å². The number of sulfonamides is 1. The van der Waals surface area contributed by atoms with Crippen molar-refractivity contribution in [3.05, 3.63) is 34.4 Å². The molecule has 0 spiro atoms. The average Bonchev–Trinajstić information content (AvgIpc) is 2.27. The standard InChI is InChI=1S/C11H17N3O4S/c1-11(2,12)7-8-13-19(17,18)10-5-3-9(4-6-10)14(15)16/h3-6,13H,7-8,12H2,1-2H3. The molecule has 0 aliphatic rings. The molecule has 8 heteroatoms. The zero-order chi connectivity index (χ0) is 14.7. The summed E-state index contributed by atoms with van der Waals surface area (Å²) >= 11 is 0. The van der Waals surface area contributed by atoms with Crippen LogP contribution < -0.4 is 10.5 Å². The van der Waals surface area contributed by atoms with Gasteiger partial charge in [-0.05, 0) is 32.4 Å². The highest BCUT2D eigenvalue weighted by Gasteiger charge is 2.17. The number of rotatable bonds is 6. The minimum absolute atomic E-state index is 0.00655. The molecular weight excluding hydrogens is 270 g/mol. The molecule has 1 rings (SSSR count). The second-order valence-corrected chi connectivity index (χ2v) is 6.65. The molecule has 0 saturated carbocycles. The Morgan fingerprint density at radius 3 is 2.26 bits per heavy atom. The summed E-state index contributed by atoms with van der Waals surface area (Å²) in [6, 6.07) is 4.71. The van der Waals surface area contributed by atoms with Crippen LogP contribution in [0, 0.1) is 10.1 Å². The van der Waals surface area contributed by atoms with Gasteiger partial charge in [0.1, 0.15) is 0 Å². The number of nitrogens with two attached hydrogens (primary N) is 1. The van der Waals surface area contributed by atoms with Gasteiger partial charge in [0.05, 0.1) is 9.82 Å². The van der Waals surface area contributed by atoms with Crippen LogP contribution in [0.1, 0.15) is 20.3 Å². The van der Waals surface area contributed by atoms with Crippen LogP contribution in [0.25, 0.3) is 0 Å². The quantitative estimate of drug-likeness (QED) is 0.598. The molecule has 3 N–H and O–H groups in total. The monoisotopic (exact) mass is 287 g/mol. The fourth-order valence-electron chi connectivity index (χ4n) is 1.34. The summed E-state index contributed by atoms with van der Waals surface area (Å²) in [6.45, 7) is 3.81. The van der Waals surface area contributed by atoms with Gasteiger partial charge < -0.3 is 5.73 Å². The summed E-state index contributed by atoms with van der Waals surface area (Å²) in [5.74, 6) is 0. The van der Waals surface area contributed by atoms with Crippen molar-refractivity contribution in [1.29, 1.82) is 0 Å². The van der Waals surface area contributed by atoms with E-state index in [0.717, 1.165) is 12.1 Å². The number of nitro benzene ring substituents is 1. The Balaban J connectivity index is 2.75. The second-order valence-electron chi connectivity index (χ2n) is 4.89. The summed E-state index contributed by atoms with van der Waals surface area (Å²) in [5.41, 5.74) is 5.14. The molecule has 0 aliphatic carbocycles. The molecule has 0 amide bonds. The molecule has 1 aromatic carbocycles. The van der Waals surface area contributed by atoms with Crippen molar-refractivity contribution in [3.63, 3.8) is 0 Å². The predicted molar refractivity (Wildman–Crippen MR) is 71.2 cm³/mol. The Hall–Kier alpha value is -1.51. The molecule has 0 aromatic heterocycles. The SMILES string of the molecule is CC(C)(N)CCNS(=O)(=O)c1ccc([N+](=O)[O-])cc1. The van der Waals surface area contributed by atoms with Gasteiger partial charge in [-0.1, -0.05) is 0 Å². The third-order valence-corrected chi connectivity index (χ3v) is 3.90. The lowest BCUT2D eigenvalue weighted by Gasteiger charge is -2.18. The van der Waals surface area contributed by atoms with Gasteiger partial charge in [0.15, 0.2) is 0 Å². The highest BCUT2D eigenvalue weighted by atomic mass is 32.2. The molecule has 19 heavy (non-hydrogen) atoms. The molecule has 7 nitrogen and oxygen atoms in total. The largest absolute Gasteiger partial charge is 0.326 e. The number of benzene rings is 1. The lowest BCUT2D eigenvalue weighted by molar-refractivity contribution is -0.384. The van der Waals surface area contributed by atoms with E-state index < -0.39 is 20.5 Å². The lowest BCUT2D eigenvalue weighted by atomic mass is 10.0. The first-order chi connectivity index (χ1) is 8.62. The summed E-state index contributed by atoms with van der Waals surface area (Å²) in [4.78, 5) is 9.88. The van der Waals surface area contributed by atoms with Crippen LogP contribution in [0.4, 0.5) is 5.69 Å². The Morgan fingerprint density at radius 1 is 1.32 bits per heavy atom. The Labute approximate surface area is 112 Å². The summed E-state index contributed by atoms with van der Waals surface area (Å²) in [5, 5.41) is 10.5. The van der Waals surface area contributed by atoms with Crippen molar-refractivity contribution in [2.75, 3.05) is 6.54 Å². The summed E-state index contributed by atoms with van der Waals surface area (Å²) in [7, 11) is -3.65. The number of nitro groups is 1. The van der Waals surface area contributed by atoms with Crippen LogP contribution in [0.3, 0.4) is 0 Å². The van der Waals surface area contributed by atoms with Crippen LogP contribution >= 0.6 is 0 Å². The summed E-state index contributed by atoms with van der Waals surface area (Å²) in [6.07, 6.45) is 0.485. The third kappa shape index (κ3) is 4.93. The predicted octanol–water partition coefficient (Wildman–Crippen LogP) is 1.00. The van der Waals surface area contributed by atoms with E-state index in [1.165, 1.54) is 12.1 Å². The van der Waals surface area contributed by atoms with Crippen LogP contribution in [-0.4, -0.2) is 25.4 Å². The van der Waals surface area contributed by atoms with E-state index in [0.29, 0.717) is 6.42 Å². The molecule has 0 fully saturated rings. The topological polar surface area (TPSA) is 115 Å². The number of non-ortho nitro benzene ring substituents is 1. The second kappa shape index (κ2) is 5.64. The highest BCUT2D eigenvalue weighted by molar-refractivity contribution is 7.89. The fraction of sp³-hybridized carbons (Fsp3) is 0.455. The van der Waals surface area contributed by atoms with Crippen molar-refractivity contribution in [3.8, 4) is 0 Å². The maximum atomic E-state index is 11.9. The zero-order valence-corrected chi connectivity index (χ0v) is 11.6. The van der Waals surface area contributed by atoms with E-state index in [4.69, 9.17) is 5.73 Å². The van der Waals surface area contributed by atoms with Crippen molar-refractivity contribution < 1.29 is 13.3 Å². The van der Waals surface area contributed by atoms with Crippen molar-refractivity contribution in [2.24, 2.45) is 5.73 Å². The first-order valence-corrected chi connectivity index (χ1v) is 7.13. The molecule has 0 unspecified atom stereocenters. The Morgan fingerprint density at radius 2 is 1.84 bits per heavy atom. The van der Waals surface area contributed by atoms with E-state index in [9.17, 15) is 18.5 Å². The zero-order valence-electron chi connectivity index (χ0n) is 10.8. The molecule has 0 heterocycles. The minimum Gasteiger partial charge on any atom is -0.326 e. The smallest absolute Gasteiger partial charge is 0.269 e. The van der Waals surface area contributed by atoms with E-state index in [2.05, 4.69) is 4.72 Å². The molecule has 0 atom stereocenters. The third-order valence-electron chi connectivity index (χ3n) is 2.42. The van der Waals surface area contributed by atoms with Crippen molar-refractivity contribution in [2.45, 2.75) is 30.7 Å². The van der Waals surface area contributed by atoms with Gasteiger partial charge in [-0.15, -0.1) is 0 Å². The normalized spacial score (nSPS) is 12.4. The number of hydrogen-bond acceptors (Lipinski definition) is 5. The molecule has 0 radical (unpaired) electrons. The van der Waals surface area contributed by atoms with E-state index >= 15 is 0 Å². The highest BCUT2D eigenvalue weighted by Crippen LogP contribution is 2.15. The van der Waals surface area contributed by atoms with E-state index in [-0.39, 0.29) is 17.1 Å². The maximum absolute atomic E-state index is 11.9. The molecular formula is C11H17N3O4S. The van der Waals surface area contributed by atoms with Crippen molar-refractivity contribution >= 4 is 15.7 Å². The van der Waals surface area contributed by atoms with E-state index in [1.54, 1.807) is 13.8 Å². The van der Waals surface area contributed by atoms with E-state index in [1.807, 2.05) is 0 Å². The van der Waals surface area contributed by atoms with Gasteiger partial charge in [0.25, 0.3) is 5.69 Å². The van der Waals surface area contributed by atoms with Gasteiger partial charge in [-0.25, -0.2) is 13.1 Å². The van der Waals surface area contributed by atoms with Crippen LogP contribution in [0.2, 0.25) is 0 Å². The summed E-state index contributed by atoms with van der Waals surface area (Å²) < 4.78 is 26.2. The number of nitrogens with one attached hydrogen (secondary N) is 1. The molecule has 0 bridgehead atoms. The first kappa shape index (κ1) is 15.5. The maximum Gasteiger partial charge on any atom is 0.269 e. The molecule has 1 aromatic rings. The van der Waals surface area contributed by atoms with Gasteiger partial charge in [-0.3, -0.25) is 10.1 Å². The molecule has 0 saturated heterocycles. The van der Waals surface area contributed by atoms with Crippen molar-refractivity contribution in [1.82, 2.24) is 4.72 Å². The lowest BCUT2D eigenvalue weighted by Crippen LogP contribution is -2.37. The van der Waals surface area contributed by atoms with Gasteiger partial charge >= 0.3 is 0 Å². The number of hydrogen-bond donors (Lipinski definition) is 2. The minimum atomic E-state index is -3.65.